The summed E-state index contributed by atoms with van der Waals surface area (Å²) >= 11 is 0. The lowest BCUT2D eigenvalue weighted by Crippen LogP contribution is -2.22. The van der Waals surface area contributed by atoms with Crippen LogP contribution in [-0.4, -0.2) is 16.0 Å². The Kier molecular flexibility index (Phi) is 2.00. The summed E-state index contributed by atoms with van der Waals surface area (Å²) in [5, 5.41) is 0. The second kappa shape index (κ2) is 3.03. The monoisotopic (exact) mass is 181 g/mol. The molecule has 0 amide bonds. The molecule has 3 nitrogen and oxygen atoms in total. The van der Waals surface area contributed by atoms with Crippen LogP contribution in [0.2, 0.25) is 0 Å². The minimum Gasteiger partial charge on any atom is -0.328 e. The van der Waals surface area contributed by atoms with Crippen molar-refractivity contribution in [3.63, 3.8) is 0 Å². The van der Waals surface area contributed by atoms with E-state index in [1.54, 1.807) is 6.20 Å². The molecule has 1 fully saturated rings. The molecule has 1 aliphatic carbocycles. The Hall–Kier alpha value is -1.03. The lowest BCUT2D eigenvalue weighted by Gasteiger charge is -2.17. The summed E-state index contributed by atoms with van der Waals surface area (Å²) in [5.74, 6) is 0. The molecule has 1 heterocycles. The molecule has 0 spiro atoms. The Balaban J connectivity index is 2.26. The van der Waals surface area contributed by atoms with Crippen LogP contribution in [0.3, 0.4) is 0 Å². The first kappa shape index (κ1) is 8.56. The van der Waals surface area contributed by atoms with Crippen LogP contribution in [-0.2, 0) is 5.67 Å². The molecule has 0 bridgehead atoms. The van der Waals surface area contributed by atoms with Crippen LogP contribution in [0, 0.1) is 0 Å². The lowest BCUT2D eigenvalue weighted by molar-refractivity contribution is 0.165. The normalized spacial score (nSPS) is 33.5. The third-order valence-electron chi connectivity index (χ3n) is 2.52. The van der Waals surface area contributed by atoms with Gasteiger partial charge >= 0.3 is 0 Å². The van der Waals surface area contributed by atoms with Gasteiger partial charge in [-0.25, -0.2) is 4.39 Å². The zero-order valence-electron chi connectivity index (χ0n) is 7.28. The van der Waals surface area contributed by atoms with Crippen LogP contribution in [0.15, 0.2) is 18.6 Å². The smallest absolute Gasteiger partial charge is 0.155 e. The van der Waals surface area contributed by atoms with E-state index in [1.165, 1.54) is 12.4 Å². The number of nitrogens with zero attached hydrogens (tertiary/aromatic N) is 2. The van der Waals surface area contributed by atoms with E-state index < -0.39 is 5.67 Å². The largest absolute Gasteiger partial charge is 0.328 e. The molecule has 1 aromatic heterocycles. The summed E-state index contributed by atoms with van der Waals surface area (Å²) in [7, 11) is 0. The fourth-order valence-corrected chi connectivity index (χ4v) is 1.80. The number of hydrogen-bond donors (Lipinski definition) is 1. The summed E-state index contributed by atoms with van der Waals surface area (Å²) in [5.41, 5.74) is 4.74. The average molecular weight is 181 g/mol. The van der Waals surface area contributed by atoms with Crippen molar-refractivity contribution in [1.82, 2.24) is 9.97 Å². The molecule has 0 aliphatic heterocycles. The SMILES string of the molecule is NC1CCC(F)(c2cnccn2)C1. The molecule has 2 unspecified atom stereocenters. The second-order valence-electron chi connectivity index (χ2n) is 3.56. The lowest BCUT2D eigenvalue weighted by atomic mass is 10.0. The highest BCUT2D eigenvalue weighted by atomic mass is 19.1. The van der Waals surface area contributed by atoms with E-state index in [1.807, 2.05) is 0 Å². The van der Waals surface area contributed by atoms with E-state index in [0.29, 0.717) is 18.5 Å². The van der Waals surface area contributed by atoms with E-state index in [4.69, 9.17) is 5.73 Å². The molecule has 1 aliphatic rings. The zero-order chi connectivity index (χ0) is 9.31. The highest BCUT2D eigenvalue weighted by molar-refractivity contribution is 5.11. The maximum Gasteiger partial charge on any atom is 0.155 e. The van der Waals surface area contributed by atoms with Crippen LogP contribution in [0.4, 0.5) is 4.39 Å². The minimum absolute atomic E-state index is 0.0352. The number of halogens is 1. The van der Waals surface area contributed by atoms with E-state index in [9.17, 15) is 4.39 Å². The van der Waals surface area contributed by atoms with Crippen molar-refractivity contribution in [2.75, 3.05) is 0 Å². The Bertz CT molecular complexity index is 290. The van der Waals surface area contributed by atoms with Gasteiger partial charge in [-0.15, -0.1) is 0 Å². The van der Waals surface area contributed by atoms with Crippen LogP contribution >= 0.6 is 0 Å². The standard InChI is InChI=1S/C9H12FN3/c10-9(2-1-7(11)5-9)8-6-12-3-4-13-8/h3-4,6-7H,1-2,5,11H2. The fourth-order valence-electron chi connectivity index (χ4n) is 1.80. The van der Waals surface area contributed by atoms with Crippen molar-refractivity contribution in [3.8, 4) is 0 Å². The molecule has 1 aromatic rings. The van der Waals surface area contributed by atoms with Crippen LogP contribution in [0.5, 0.6) is 0 Å². The number of nitrogens with two attached hydrogens (primary N) is 1. The van der Waals surface area contributed by atoms with Gasteiger partial charge in [-0.05, 0) is 12.8 Å². The fraction of sp³-hybridized carbons (Fsp3) is 0.556. The molecular weight excluding hydrogens is 169 g/mol. The highest BCUT2D eigenvalue weighted by Gasteiger charge is 2.40. The van der Waals surface area contributed by atoms with Crippen molar-refractivity contribution in [3.05, 3.63) is 24.3 Å². The van der Waals surface area contributed by atoms with Gasteiger partial charge in [-0.3, -0.25) is 9.97 Å². The van der Waals surface area contributed by atoms with Crippen molar-refractivity contribution >= 4 is 0 Å². The van der Waals surface area contributed by atoms with Gasteiger partial charge in [0.25, 0.3) is 0 Å². The predicted molar refractivity (Wildman–Crippen MR) is 46.6 cm³/mol. The predicted octanol–water partition coefficient (Wildman–Crippen LogP) is 1.15. The molecule has 0 aromatic carbocycles. The Morgan fingerprint density at radius 3 is 2.92 bits per heavy atom. The Morgan fingerprint density at radius 2 is 2.38 bits per heavy atom. The van der Waals surface area contributed by atoms with Crippen LogP contribution in [0.1, 0.15) is 25.0 Å². The molecule has 2 N–H and O–H groups in total. The van der Waals surface area contributed by atoms with E-state index in [-0.39, 0.29) is 6.04 Å². The molecule has 70 valence electrons. The van der Waals surface area contributed by atoms with E-state index in [2.05, 4.69) is 9.97 Å². The quantitative estimate of drug-likeness (QED) is 0.707. The molecule has 13 heavy (non-hydrogen) atoms. The molecular formula is C9H12FN3. The van der Waals surface area contributed by atoms with Crippen LogP contribution < -0.4 is 5.73 Å². The van der Waals surface area contributed by atoms with Crippen molar-refractivity contribution in [2.45, 2.75) is 31.0 Å². The van der Waals surface area contributed by atoms with Crippen molar-refractivity contribution in [1.29, 1.82) is 0 Å². The molecule has 1 saturated carbocycles. The molecule has 0 saturated heterocycles. The zero-order valence-corrected chi connectivity index (χ0v) is 7.28. The number of rotatable bonds is 1. The van der Waals surface area contributed by atoms with Crippen LogP contribution in [0.25, 0.3) is 0 Å². The molecule has 2 atom stereocenters. The van der Waals surface area contributed by atoms with Gasteiger partial charge in [0.05, 0.1) is 11.9 Å². The van der Waals surface area contributed by atoms with Gasteiger partial charge in [0.2, 0.25) is 0 Å². The number of aromatic nitrogens is 2. The first-order valence-electron chi connectivity index (χ1n) is 4.42. The van der Waals surface area contributed by atoms with E-state index in [0.717, 1.165) is 6.42 Å². The third-order valence-corrected chi connectivity index (χ3v) is 2.52. The van der Waals surface area contributed by atoms with Gasteiger partial charge in [0.1, 0.15) is 0 Å². The van der Waals surface area contributed by atoms with Gasteiger partial charge in [0, 0.05) is 24.9 Å². The van der Waals surface area contributed by atoms with Gasteiger partial charge < -0.3 is 5.73 Å². The molecule has 0 radical (unpaired) electrons. The summed E-state index contributed by atoms with van der Waals surface area (Å²) in [6.07, 6.45) is 6.10. The average Bonchev–Trinajstić information content (AvgIpc) is 2.49. The van der Waals surface area contributed by atoms with Crippen molar-refractivity contribution < 1.29 is 4.39 Å². The first-order chi connectivity index (χ1) is 6.21. The Labute approximate surface area is 76.2 Å². The first-order valence-corrected chi connectivity index (χ1v) is 4.42. The maximum absolute atomic E-state index is 14.1. The third kappa shape index (κ3) is 1.54. The maximum atomic E-state index is 14.1. The van der Waals surface area contributed by atoms with E-state index >= 15 is 0 Å². The molecule has 4 heteroatoms. The summed E-state index contributed by atoms with van der Waals surface area (Å²) in [6, 6.07) is -0.0352. The number of hydrogen-bond acceptors (Lipinski definition) is 3. The molecule has 2 rings (SSSR count). The summed E-state index contributed by atoms with van der Waals surface area (Å²) < 4.78 is 14.1. The minimum atomic E-state index is -1.34. The number of alkyl halides is 1. The topological polar surface area (TPSA) is 51.8 Å². The second-order valence-corrected chi connectivity index (χ2v) is 3.56. The van der Waals surface area contributed by atoms with Gasteiger partial charge in [-0.2, -0.15) is 0 Å². The summed E-state index contributed by atoms with van der Waals surface area (Å²) in [6.45, 7) is 0. The van der Waals surface area contributed by atoms with Crippen molar-refractivity contribution in [2.24, 2.45) is 5.73 Å². The van der Waals surface area contributed by atoms with Gasteiger partial charge in [0.15, 0.2) is 5.67 Å². The van der Waals surface area contributed by atoms with Gasteiger partial charge in [-0.1, -0.05) is 0 Å². The Morgan fingerprint density at radius 1 is 1.54 bits per heavy atom. The highest BCUT2D eigenvalue weighted by Crippen LogP contribution is 2.40. The summed E-state index contributed by atoms with van der Waals surface area (Å²) in [4.78, 5) is 7.83.